The van der Waals surface area contributed by atoms with Crippen molar-refractivity contribution in [1.82, 2.24) is 5.32 Å². The van der Waals surface area contributed by atoms with E-state index in [0.29, 0.717) is 19.3 Å². The van der Waals surface area contributed by atoms with Crippen molar-refractivity contribution < 1.29 is 24.5 Å². The Morgan fingerprint density at radius 1 is 0.500 bits per heavy atom. The summed E-state index contributed by atoms with van der Waals surface area (Å²) < 4.78 is 5.89. The topological polar surface area (TPSA) is 95.9 Å². The van der Waals surface area contributed by atoms with Crippen LogP contribution in [0.1, 0.15) is 271 Å². The van der Waals surface area contributed by atoms with Crippen molar-refractivity contribution in [2.24, 2.45) is 0 Å². The highest BCUT2D eigenvalue weighted by Crippen LogP contribution is 2.18. The monoisotopic (exact) mass is 792 g/mol. The van der Waals surface area contributed by atoms with Crippen molar-refractivity contribution in [2.45, 2.75) is 289 Å². The Bertz CT molecular complexity index is 847. The van der Waals surface area contributed by atoms with E-state index in [9.17, 15) is 19.8 Å². The summed E-state index contributed by atoms with van der Waals surface area (Å²) in [6.07, 6.45) is 48.5. The average molecular weight is 792 g/mol. The van der Waals surface area contributed by atoms with Crippen molar-refractivity contribution in [1.29, 1.82) is 0 Å². The van der Waals surface area contributed by atoms with Gasteiger partial charge in [0.25, 0.3) is 0 Å². The molecule has 56 heavy (non-hydrogen) atoms. The molecule has 0 aromatic heterocycles. The Kier molecular flexibility index (Phi) is 43.6. The van der Waals surface area contributed by atoms with E-state index in [1.54, 1.807) is 0 Å². The predicted octanol–water partition coefficient (Wildman–Crippen LogP) is 14.6. The van der Waals surface area contributed by atoms with Crippen LogP contribution in [-0.2, 0) is 14.3 Å². The van der Waals surface area contributed by atoms with E-state index >= 15 is 0 Å². The number of nitrogens with one attached hydrogen (secondary N) is 1. The van der Waals surface area contributed by atoms with Crippen LogP contribution in [-0.4, -0.2) is 46.9 Å². The van der Waals surface area contributed by atoms with Crippen molar-refractivity contribution in [2.75, 3.05) is 6.61 Å². The van der Waals surface area contributed by atoms with Gasteiger partial charge in [0.1, 0.15) is 6.10 Å². The molecule has 6 nitrogen and oxygen atoms in total. The lowest BCUT2D eigenvalue weighted by Crippen LogP contribution is -2.46. The fraction of sp³-hybridized carbons (Fsp3) is 0.920. The van der Waals surface area contributed by atoms with Crippen LogP contribution in [0, 0.1) is 0 Å². The third kappa shape index (κ3) is 39.4. The molecular formula is C50H97NO5. The van der Waals surface area contributed by atoms with Crippen LogP contribution in [0.5, 0.6) is 0 Å². The molecule has 0 bridgehead atoms. The Balaban J connectivity index is 4.39. The van der Waals surface area contributed by atoms with Crippen molar-refractivity contribution in [3.63, 3.8) is 0 Å². The molecule has 0 aromatic carbocycles. The first-order chi connectivity index (χ1) is 27.5. The fourth-order valence-corrected chi connectivity index (χ4v) is 7.77. The molecule has 0 aromatic rings. The second-order valence-electron chi connectivity index (χ2n) is 17.2. The molecule has 0 aliphatic rings. The molecular weight excluding hydrogens is 695 g/mol. The van der Waals surface area contributed by atoms with Gasteiger partial charge < -0.3 is 20.3 Å². The van der Waals surface area contributed by atoms with Gasteiger partial charge >= 0.3 is 5.97 Å². The molecule has 1 amide bonds. The number of hydrogen-bond acceptors (Lipinski definition) is 5. The van der Waals surface area contributed by atoms with Gasteiger partial charge in [0, 0.05) is 6.42 Å². The molecule has 0 rings (SSSR count). The highest BCUT2D eigenvalue weighted by Gasteiger charge is 2.24. The second-order valence-corrected chi connectivity index (χ2v) is 17.2. The smallest absolute Gasteiger partial charge is 0.306 e. The van der Waals surface area contributed by atoms with Gasteiger partial charge in [-0.15, -0.1) is 0 Å². The number of esters is 1. The largest absolute Gasteiger partial charge is 0.462 e. The summed E-state index contributed by atoms with van der Waals surface area (Å²) in [7, 11) is 0. The Morgan fingerprint density at radius 3 is 1.32 bits per heavy atom. The van der Waals surface area contributed by atoms with Gasteiger partial charge in [-0.3, -0.25) is 9.59 Å². The van der Waals surface area contributed by atoms with Gasteiger partial charge in [-0.2, -0.15) is 0 Å². The summed E-state index contributed by atoms with van der Waals surface area (Å²) in [5.41, 5.74) is 0. The number of hydrogen-bond donors (Lipinski definition) is 3. The van der Waals surface area contributed by atoms with Gasteiger partial charge in [0.15, 0.2) is 0 Å². The minimum Gasteiger partial charge on any atom is -0.462 e. The number of carbonyl (C=O) groups is 2. The zero-order valence-electron chi connectivity index (χ0n) is 37.8. The molecule has 0 fully saturated rings. The number of ether oxygens (including phenoxy) is 1. The summed E-state index contributed by atoms with van der Waals surface area (Å²) in [6.45, 7) is 6.44. The van der Waals surface area contributed by atoms with Crippen LogP contribution in [0.25, 0.3) is 0 Å². The summed E-state index contributed by atoms with van der Waals surface area (Å²) in [5, 5.41) is 23.7. The van der Waals surface area contributed by atoms with Gasteiger partial charge in [-0.1, -0.05) is 226 Å². The van der Waals surface area contributed by atoms with E-state index in [4.69, 9.17) is 4.74 Å². The molecule has 0 aliphatic carbocycles. The van der Waals surface area contributed by atoms with Gasteiger partial charge in [-0.25, -0.2) is 0 Å². The maximum absolute atomic E-state index is 13.1. The lowest BCUT2D eigenvalue weighted by atomic mass is 10.0. The number of allylic oxidation sites excluding steroid dienone is 2. The van der Waals surface area contributed by atoms with E-state index in [-0.39, 0.29) is 24.9 Å². The quantitative estimate of drug-likeness (QED) is 0.0324. The number of carbonyl (C=O) groups excluding carboxylic acids is 2. The summed E-state index contributed by atoms with van der Waals surface area (Å²) in [4.78, 5) is 26.0. The first-order valence-electron chi connectivity index (χ1n) is 24.9. The van der Waals surface area contributed by atoms with Crippen LogP contribution in [0.2, 0.25) is 0 Å². The molecule has 0 saturated heterocycles. The minimum atomic E-state index is -0.785. The summed E-state index contributed by atoms with van der Waals surface area (Å²) in [6, 6.07) is -0.698. The number of aliphatic hydroxyl groups excluding tert-OH is 2. The molecule has 332 valence electrons. The van der Waals surface area contributed by atoms with Gasteiger partial charge in [0.2, 0.25) is 5.91 Å². The van der Waals surface area contributed by atoms with Crippen molar-refractivity contribution in [3.05, 3.63) is 12.2 Å². The lowest BCUT2D eigenvalue weighted by Gasteiger charge is -2.24. The summed E-state index contributed by atoms with van der Waals surface area (Å²) in [5.74, 6) is -0.480. The Labute approximate surface area is 349 Å². The zero-order chi connectivity index (χ0) is 41.0. The SMILES string of the molecule is CCCC/C=C\CCCCCC(CC(=O)NC(CO)C(O)CCCCCCCCCCCCCCCCCCC)OC(=O)CCCCCCCCCCCCC. The fourth-order valence-electron chi connectivity index (χ4n) is 7.77. The first-order valence-corrected chi connectivity index (χ1v) is 24.9. The maximum Gasteiger partial charge on any atom is 0.306 e. The maximum atomic E-state index is 13.1. The van der Waals surface area contributed by atoms with Gasteiger partial charge in [-0.05, 0) is 44.9 Å². The number of aliphatic hydroxyl groups is 2. The van der Waals surface area contributed by atoms with Crippen molar-refractivity contribution >= 4 is 11.9 Å². The summed E-state index contributed by atoms with van der Waals surface area (Å²) >= 11 is 0. The lowest BCUT2D eigenvalue weighted by molar-refractivity contribution is -0.151. The van der Waals surface area contributed by atoms with Crippen molar-refractivity contribution in [3.8, 4) is 0 Å². The average Bonchev–Trinajstić information content (AvgIpc) is 3.19. The first kappa shape index (κ1) is 54.6. The number of unbranched alkanes of at least 4 members (excludes halogenated alkanes) is 31. The molecule has 3 atom stereocenters. The molecule has 3 N–H and O–H groups in total. The molecule has 3 unspecified atom stereocenters. The van der Waals surface area contributed by atoms with E-state index in [1.807, 2.05) is 0 Å². The van der Waals surface area contributed by atoms with Crippen LogP contribution in [0.4, 0.5) is 0 Å². The molecule has 0 radical (unpaired) electrons. The normalized spacial score (nSPS) is 13.3. The molecule has 0 aliphatic heterocycles. The van der Waals surface area contributed by atoms with E-state index < -0.39 is 18.2 Å². The number of rotatable bonds is 45. The van der Waals surface area contributed by atoms with Crippen LogP contribution < -0.4 is 5.32 Å². The van der Waals surface area contributed by atoms with E-state index in [2.05, 4.69) is 38.2 Å². The predicted molar refractivity (Wildman–Crippen MR) is 241 cm³/mol. The third-order valence-corrected chi connectivity index (χ3v) is 11.6. The molecule has 0 heterocycles. The Morgan fingerprint density at radius 2 is 0.875 bits per heavy atom. The van der Waals surface area contributed by atoms with Crippen LogP contribution in [0.15, 0.2) is 12.2 Å². The molecule has 0 saturated carbocycles. The van der Waals surface area contributed by atoms with Crippen LogP contribution in [0.3, 0.4) is 0 Å². The molecule has 6 heteroatoms. The van der Waals surface area contributed by atoms with E-state index in [0.717, 1.165) is 64.2 Å². The van der Waals surface area contributed by atoms with E-state index in [1.165, 1.54) is 161 Å². The van der Waals surface area contributed by atoms with Gasteiger partial charge in [0.05, 0.1) is 25.2 Å². The standard InChI is InChI=1S/C50H97NO5/c1-4-7-10-13-16-19-21-22-23-24-25-26-28-30-33-36-39-42-48(53)47(45-52)51-49(54)44-46(41-38-35-32-29-18-15-12-9-6-3)56-50(55)43-40-37-34-31-27-20-17-14-11-8-5-2/h15,18,46-48,52-53H,4-14,16-17,19-45H2,1-3H3,(H,51,54)/b18-15-. The molecule has 0 spiro atoms. The second kappa shape index (κ2) is 44.7. The number of amides is 1. The van der Waals surface area contributed by atoms with Crippen LogP contribution >= 0.6 is 0 Å². The third-order valence-electron chi connectivity index (χ3n) is 11.6. The highest BCUT2D eigenvalue weighted by atomic mass is 16.5. The zero-order valence-corrected chi connectivity index (χ0v) is 37.8. The Hall–Kier alpha value is -1.40. The highest BCUT2D eigenvalue weighted by molar-refractivity contribution is 5.77. The minimum absolute atomic E-state index is 0.0727.